The highest BCUT2D eigenvalue weighted by atomic mass is 32.1. The predicted molar refractivity (Wildman–Crippen MR) is 112 cm³/mol. The van der Waals surface area contributed by atoms with Gasteiger partial charge in [0.15, 0.2) is 23.9 Å². The molecule has 2 aromatic carbocycles. The lowest BCUT2D eigenvalue weighted by Crippen LogP contribution is -2.02. The molecule has 3 rings (SSSR count). The molecule has 0 saturated carbocycles. The largest absolute Gasteiger partial charge is 0.507 e. The van der Waals surface area contributed by atoms with Crippen LogP contribution >= 0.6 is 11.3 Å². The summed E-state index contributed by atoms with van der Waals surface area (Å²) in [4.78, 5) is 9.65. The number of methoxy groups -OCH3 is 2. The van der Waals surface area contributed by atoms with Crippen molar-refractivity contribution in [3.05, 3.63) is 58.8 Å². The second-order valence-corrected chi connectivity index (χ2v) is 6.97. The molecule has 1 heterocycles. The van der Waals surface area contributed by atoms with E-state index in [1.165, 1.54) is 11.3 Å². The van der Waals surface area contributed by atoms with Crippen molar-refractivity contribution in [3.8, 4) is 17.6 Å². The lowest BCUT2D eigenvalue weighted by molar-refractivity contribution is 0.138. The van der Waals surface area contributed by atoms with Gasteiger partial charge in [-0.2, -0.15) is 5.26 Å². The van der Waals surface area contributed by atoms with Crippen molar-refractivity contribution >= 4 is 32.8 Å². The van der Waals surface area contributed by atoms with Crippen LogP contribution in [-0.4, -0.2) is 36.6 Å². The maximum Gasteiger partial charge on any atom is 0.175 e. The number of nitriles is 1. The fraction of sp³-hybridized carbons (Fsp3) is 0.190. The number of allylic oxidation sites excluding steroid dienone is 1. The van der Waals surface area contributed by atoms with Crippen molar-refractivity contribution in [3.63, 3.8) is 0 Å². The molecule has 0 aliphatic heterocycles. The molecule has 148 valence electrons. The van der Waals surface area contributed by atoms with Crippen molar-refractivity contribution in [1.82, 2.24) is 4.98 Å². The Bertz CT molecular complexity index is 1100. The van der Waals surface area contributed by atoms with Gasteiger partial charge in [0, 0.05) is 5.56 Å². The van der Waals surface area contributed by atoms with E-state index in [9.17, 15) is 10.4 Å². The molecular weight excluding hydrogens is 390 g/mol. The van der Waals surface area contributed by atoms with Gasteiger partial charge in [0.2, 0.25) is 0 Å². The zero-order valence-corrected chi connectivity index (χ0v) is 17.0. The summed E-state index contributed by atoms with van der Waals surface area (Å²) in [7, 11) is 3.12. The van der Waals surface area contributed by atoms with Crippen molar-refractivity contribution in [2.24, 2.45) is 5.16 Å². The summed E-state index contributed by atoms with van der Waals surface area (Å²) in [6.45, 7) is 1.52. The van der Waals surface area contributed by atoms with E-state index in [2.05, 4.69) is 10.1 Å². The summed E-state index contributed by atoms with van der Waals surface area (Å²) in [5.41, 5.74) is 2.21. The standard InChI is InChI=1S/C21H19N3O4S/c1-13(14-8-9-18(26-2)19(10-14)27-3)24-28-12-17(25)15(11-22)21-23-16-6-4-5-7-20(16)29-21/h4-10,25H,12H2,1-3H3. The lowest BCUT2D eigenvalue weighted by atomic mass is 10.1. The SMILES string of the molecule is COc1ccc(C(C)=NOCC(O)=C(C#N)c2nc3ccccc3s2)cc1OC. The number of benzene rings is 2. The zero-order valence-electron chi connectivity index (χ0n) is 16.2. The average Bonchev–Trinajstić information content (AvgIpc) is 3.17. The predicted octanol–water partition coefficient (Wildman–Crippen LogP) is 4.55. The fourth-order valence-electron chi connectivity index (χ4n) is 2.59. The number of rotatable bonds is 7. The topological polar surface area (TPSA) is 97.0 Å². The molecule has 0 aliphatic rings. The molecule has 0 atom stereocenters. The third-order valence-corrected chi connectivity index (χ3v) is 5.17. The summed E-state index contributed by atoms with van der Waals surface area (Å²) in [5, 5.41) is 24.2. The van der Waals surface area contributed by atoms with Crippen LogP contribution in [0.15, 0.2) is 53.4 Å². The first-order valence-electron chi connectivity index (χ1n) is 8.64. The first-order valence-corrected chi connectivity index (χ1v) is 9.46. The molecule has 8 heteroatoms. The molecule has 1 aromatic heterocycles. The molecule has 0 unspecified atom stereocenters. The number of fused-ring (bicyclic) bond motifs is 1. The van der Waals surface area contributed by atoms with Gasteiger partial charge in [-0.25, -0.2) is 4.98 Å². The molecule has 3 aromatic rings. The van der Waals surface area contributed by atoms with Crippen LogP contribution in [0.5, 0.6) is 11.5 Å². The number of thiazole rings is 1. The number of para-hydroxylation sites is 1. The second kappa shape index (κ2) is 9.08. The Morgan fingerprint density at radius 1 is 1.17 bits per heavy atom. The number of oxime groups is 1. The van der Waals surface area contributed by atoms with Crippen LogP contribution in [0.2, 0.25) is 0 Å². The van der Waals surface area contributed by atoms with E-state index in [1.54, 1.807) is 33.3 Å². The smallest absolute Gasteiger partial charge is 0.175 e. The van der Waals surface area contributed by atoms with Gasteiger partial charge in [0.25, 0.3) is 0 Å². The molecule has 7 nitrogen and oxygen atoms in total. The van der Waals surface area contributed by atoms with Gasteiger partial charge >= 0.3 is 0 Å². The maximum atomic E-state index is 10.3. The number of hydrogen-bond acceptors (Lipinski definition) is 8. The van der Waals surface area contributed by atoms with Crippen molar-refractivity contribution in [2.45, 2.75) is 6.92 Å². The van der Waals surface area contributed by atoms with Gasteiger partial charge in [0.05, 0.1) is 30.1 Å². The Hall–Kier alpha value is -3.57. The highest BCUT2D eigenvalue weighted by Crippen LogP contribution is 2.29. The van der Waals surface area contributed by atoms with Crippen LogP contribution < -0.4 is 9.47 Å². The fourth-order valence-corrected chi connectivity index (χ4v) is 3.57. The molecule has 0 bridgehead atoms. The first kappa shape index (κ1) is 20.2. The lowest BCUT2D eigenvalue weighted by Gasteiger charge is -2.09. The minimum Gasteiger partial charge on any atom is -0.507 e. The van der Waals surface area contributed by atoms with Crippen molar-refractivity contribution in [1.29, 1.82) is 5.26 Å². The van der Waals surface area contributed by atoms with Crippen LogP contribution in [0.25, 0.3) is 15.8 Å². The van der Waals surface area contributed by atoms with Crippen LogP contribution in [0.4, 0.5) is 0 Å². The van der Waals surface area contributed by atoms with Crippen molar-refractivity contribution < 1.29 is 19.4 Å². The van der Waals surface area contributed by atoms with Gasteiger partial charge in [-0.3, -0.25) is 0 Å². The van der Waals surface area contributed by atoms with E-state index in [4.69, 9.17) is 14.3 Å². The van der Waals surface area contributed by atoms with Gasteiger partial charge in [-0.15, -0.1) is 11.3 Å². The van der Waals surface area contributed by atoms with Crippen LogP contribution in [-0.2, 0) is 4.84 Å². The number of aliphatic hydroxyl groups excluding tert-OH is 1. The van der Waals surface area contributed by atoms with Crippen LogP contribution in [0.3, 0.4) is 0 Å². The van der Waals surface area contributed by atoms with Gasteiger partial charge in [0.1, 0.15) is 16.6 Å². The minimum atomic E-state index is -0.247. The summed E-state index contributed by atoms with van der Waals surface area (Å²) >= 11 is 1.33. The van der Waals surface area contributed by atoms with E-state index in [1.807, 2.05) is 36.4 Å². The maximum absolute atomic E-state index is 10.3. The molecule has 0 radical (unpaired) electrons. The second-order valence-electron chi connectivity index (χ2n) is 5.94. The molecule has 0 spiro atoms. The van der Waals surface area contributed by atoms with E-state index < -0.39 is 0 Å². The molecule has 0 saturated heterocycles. The van der Waals surface area contributed by atoms with E-state index in [0.29, 0.717) is 22.2 Å². The van der Waals surface area contributed by atoms with Gasteiger partial charge < -0.3 is 19.4 Å². The summed E-state index contributed by atoms with van der Waals surface area (Å²) in [6.07, 6.45) is 0. The Balaban J connectivity index is 1.76. The number of nitrogens with zero attached hydrogens (tertiary/aromatic N) is 3. The minimum absolute atomic E-state index is 0.0742. The monoisotopic (exact) mass is 409 g/mol. The van der Waals surface area contributed by atoms with E-state index >= 15 is 0 Å². The zero-order chi connectivity index (χ0) is 20.8. The Labute approximate surface area is 172 Å². The normalized spacial score (nSPS) is 12.3. The summed E-state index contributed by atoms with van der Waals surface area (Å²) < 4.78 is 11.4. The Morgan fingerprint density at radius 2 is 1.93 bits per heavy atom. The quantitative estimate of drug-likeness (QED) is 0.266. The van der Waals surface area contributed by atoms with Crippen LogP contribution in [0.1, 0.15) is 17.5 Å². The number of hydrogen-bond donors (Lipinski definition) is 1. The number of aliphatic hydroxyl groups is 1. The summed E-state index contributed by atoms with van der Waals surface area (Å²) in [6, 6.07) is 14.9. The molecule has 0 amide bonds. The first-order chi connectivity index (χ1) is 14.1. The van der Waals surface area contributed by atoms with Crippen molar-refractivity contribution in [2.75, 3.05) is 20.8 Å². The Kier molecular flexibility index (Phi) is 6.32. The van der Waals surface area contributed by atoms with Gasteiger partial charge in [-0.05, 0) is 37.3 Å². The van der Waals surface area contributed by atoms with E-state index in [0.717, 1.165) is 15.8 Å². The molecule has 29 heavy (non-hydrogen) atoms. The third kappa shape index (κ3) is 4.47. The highest BCUT2D eigenvalue weighted by molar-refractivity contribution is 7.19. The summed E-state index contributed by atoms with van der Waals surface area (Å²) in [5.74, 6) is 0.959. The van der Waals surface area contributed by atoms with Crippen LogP contribution in [0, 0.1) is 11.3 Å². The number of ether oxygens (including phenoxy) is 2. The Morgan fingerprint density at radius 3 is 2.62 bits per heavy atom. The highest BCUT2D eigenvalue weighted by Gasteiger charge is 2.14. The molecule has 0 aliphatic carbocycles. The molecule has 0 fully saturated rings. The average molecular weight is 409 g/mol. The number of aromatic nitrogens is 1. The molecule has 1 N–H and O–H groups in total. The third-order valence-electron chi connectivity index (χ3n) is 4.11. The van der Waals surface area contributed by atoms with Gasteiger partial charge in [-0.1, -0.05) is 17.3 Å². The molecular formula is C21H19N3O4S. The van der Waals surface area contributed by atoms with E-state index in [-0.39, 0.29) is 17.9 Å².